The summed E-state index contributed by atoms with van der Waals surface area (Å²) in [6, 6.07) is 0. The number of ether oxygens (including phenoxy) is 1. The first-order valence-corrected chi connectivity index (χ1v) is 6.61. The van der Waals surface area contributed by atoms with Crippen molar-refractivity contribution in [3.05, 3.63) is 0 Å². The number of nitrogens with one attached hydrogen (secondary N) is 1. The number of hydrogen-bond acceptors (Lipinski definition) is 3. The van der Waals surface area contributed by atoms with Crippen molar-refractivity contribution >= 4 is 9.92 Å². The van der Waals surface area contributed by atoms with Crippen LogP contribution < -0.4 is 0 Å². The van der Waals surface area contributed by atoms with Crippen molar-refractivity contribution in [1.82, 2.24) is 4.31 Å². The zero-order chi connectivity index (χ0) is 10.8. The summed E-state index contributed by atoms with van der Waals surface area (Å²) in [5.41, 5.74) is 0. The van der Waals surface area contributed by atoms with Gasteiger partial charge in [0.15, 0.2) is 0 Å². The van der Waals surface area contributed by atoms with E-state index in [1.165, 1.54) is 0 Å². The molecule has 1 aliphatic heterocycles. The van der Waals surface area contributed by atoms with E-state index in [9.17, 15) is 4.21 Å². The molecule has 4 nitrogen and oxygen atoms in total. The van der Waals surface area contributed by atoms with Gasteiger partial charge in [-0.1, -0.05) is 0 Å². The molecule has 0 aliphatic carbocycles. The number of methoxy groups -OCH3 is 1. The van der Waals surface area contributed by atoms with Gasteiger partial charge in [-0.05, 0) is 26.7 Å². The van der Waals surface area contributed by atoms with Gasteiger partial charge < -0.3 is 4.74 Å². The summed E-state index contributed by atoms with van der Waals surface area (Å²) < 4.78 is 26.8. The fraction of sp³-hybridized carbons (Fsp3) is 1.00. The highest BCUT2D eigenvalue weighted by molar-refractivity contribution is 7.90. The highest BCUT2D eigenvalue weighted by Gasteiger charge is 2.27. The van der Waals surface area contributed by atoms with Crippen LogP contribution in [0.4, 0.5) is 0 Å². The lowest BCUT2D eigenvalue weighted by molar-refractivity contribution is 0.0609. The van der Waals surface area contributed by atoms with Gasteiger partial charge in [-0.15, -0.1) is 0 Å². The van der Waals surface area contributed by atoms with E-state index in [0.29, 0.717) is 0 Å². The largest absolute Gasteiger partial charge is 0.381 e. The van der Waals surface area contributed by atoms with Crippen LogP contribution in [0.3, 0.4) is 0 Å². The first kappa shape index (κ1) is 11.9. The highest BCUT2D eigenvalue weighted by atomic mass is 32.2. The first-order chi connectivity index (χ1) is 6.48. The Morgan fingerprint density at radius 1 is 1.43 bits per heavy atom. The molecule has 1 N–H and O–H groups in total. The van der Waals surface area contributed by atoms with Gasteiger partial charge in [0.05, 0.1) is 11.4 Å². The maximum absolute atomic E-state index is 12.0. The Hall–Kier alpha value is -0.130. The van der Waals surface area contributed by atoms with E-state index in [2.05, 4.69) is 0 Å². The SMILES string of the molecule is COC1CCN(S(=N)(=O)C(C)C)CC1. The summed E-state index contributed by atoms with van der Waals surface area (Å²) in [6.07, 6.45) is 2.06. The summed E-state index contributed by atoms with van der Waals surface area (Å²) in [5.74, 6) is 0. The lowest BCUT2D eigenvalue weighted by Gasteiger charge is -2.33. The summed E-state index contributed by atoms with van der Waals surface area (Å²) in [7, 11) is -0.845. The predicted octanol–water partition coefficient (Wildman–Crippen LogP) is 1.47. The smallest absolute Gasteiger partial charge is 0.110 e. The Bertz CT molecular complexity index is 267. The second-order valence-electron chi connectivity index (χ2n) is 3.98. The molecule has 0 spiro atoms. The molecule has 0 radical (unpaired) electrons. The molecule has 1 saturated heterocycles. The second kappa shape index (κ2) is 4.59. The fourth-order valence-electron chi connectivity index (χ4n) is 1.64. The number of piperidine rings is 1. The van der Waals surface area contributed by atoms with Crippen molar-refractivity contribution in [1.29, 1.82) is 4.78 Å². The van der Waals surface area contributed by atoms with Gasteiger partial charge in [0, 0.05) is 20.2 Å². The van der Waals surface area contributed by atoms with Crippen molar-refractivity contribution in [2.75, 3.05) is 20.2 Å². The Morgan fingerprint density at radius 3 is 2.29 bits per heavy atom. The zero-order valence-electron chi connectivity index (χ0n) is 9.16. The maximum Gasteiger partial charge on any atom is 0.110 e. The molecular formula is C9H20N2O2S. The molecule has 0 amide bonds. The minimum atomic E-state index is -2.55. The van der Waals surface area contributed by atoms with Gasteiger partial charge in [-0.25, -0.2) is 13.3 Å². The van der Waals surface area contributed by atoms with Crippen LogP contribution in [0.5, 0.6) is 0 Å². The van der Waals surface area contributed by atoms with E-state index in [1.807, 2.05) is 13.8 Å². The Morgan fingerprint density at radius 2 is 1.93 bits per heavy atom. The standard InChI is InChI=1S/C9H20N2O2S/c1-8(2)14(10,12)11-6-4-9(13-3)5-7-11/h8-10H,4-7H2,1-3H3. The Balaban J connectivity index is 2.58. The average molecular weight is 220 g/mol. The molecular weight excluding hydrogens is 200 g/mol. The molecule has 14 heavy (non-hydrogen) atoms. The van der Waals surface area contributed by atoms with E-state index < -0.39 is 9.92 Å². The van der Waals surface area contributed by atoms with E-state index in [4.69, 9.17) is 9.52 Å². The topological polar surface area (TPSA) is 53.4 Å². The Labute approximate surface area is 86.7 Å². The van der Waals surface area contributed by atoms with Crippen LogP contribution in [0.15, 0.2) is 0 Å². The van der Waals surface area contributed by atoms with Gasteiger partial charge in [0.25, 0.3) is 0 Å². The predicted molar refractivity (Wildman–Crippen MR) is 57.6 cm³/mol. The summed E-state index contributed by atoms with van der Waals surface area (Å²) in [6.45, 7) is 5.13. The minimum absolute atomic E-state index is 0.0957. The molecule has 1 unspecified atom stereocenters. The van der Waals surface area contributed by atoms with Crippen molar-refractivity contribution in [3.8, 4) is 0 Å². The van der Waals surface area contributed by atoms with Crippen LogP contribution in [-0.4, -0.2) is 40.1 Å². The minimum Gasteiger partial charge on any atom is -0.381 e. The molecule has 1 atom stereocenters. The molecule has 0 aromatic carbocycles. The van der Waals surface area contributed by atoms with Crippen LogP contribution in [0.25, 0.3) is 0 Å². The molecule has 1 aliphatic rings. The number of hydrogen-bond donors (Lipinski definition) is 1. The molecule has 0 aromatic rings. The third-order valence-electron chi connectivity index (χ3n) is 2.76. The third kappa shape index (κ3) is 2.46. The van der Waals surface area contributed by atoms with Crippen LogP contribution in [0, 0.1) is 4.78 Å². The lowest BCUT2D eigenvalue weighted by Crippen LogP contribution is -2.42. The van der Waals surface area contributed by atoms with E-state index in [0.717, 1.165) is 25.9 Å². The normalized spacial score (nSPS) is 25.1. The molecule has 1 heterocycles. The fourth-order valence-corrected chi connectivity index (χ4v) is 2.99. The van der Waals surface area contributed by atoms with E-state index >= 15 is 0 Å². The van der Waals surface area contributed by atoms with E-state index in [-0.39, 0.29) is 11.4 Å². The van der Waals surface area contributed by atoms with Crippen molar-refractivity contribution in [2.45, 2.75) is 38.0 Å². The van der Waals surface area contributed by atoms with Crippen molar-refractivity contribution in [2.24, 2.45) is 0 Å². The molecule has 1 rings (SSSR count). The highest BCUT2D eigenvalue weighted by Crippen LogP contribution is 2.18. The van der Waals surface area contributed by atoms with Crippen molar-refractivity contribution < 1.29 is 8.95 Å². The summed E-state index contributed by atoms with van der Waals surface area (Å²) in [4.78, 5) is 0. The van der Waals surface area contributed by atoms with Gasteiger partial charge in [0.2, 0.25) is 0 Å². The van der Waals surface area contributed by atoms with Gasteiger partial charge >= 0.3 is 0 Å². The molecule has 1 fully saturated rings. The first-order valence-electron chi connectivity index (χ1n) is 5.04. The van der Waals surface area contributed by atoms with Gasteiger partial charge in [0.1, 0.15) is 9.92 Å². The van der Waals surface area contributed by atoms with Crippen LogP contribution in [0.2, 0.25) is 0 Å². The quantitative estimate of drug-likeness (QED) is 0.783. The molecule has 0 saturated carbocycles. The van der Waals surface area contributed by atoms with Crippen LogP contribution >= 0.6 is 0 Å². The summed E-state index contributed by atoms with van der Waals surface area (Å²) in [5, 5.41) is -0.0957. The molecule has 5 heteroatoms. The van der Waals surface area contributed by atoms with Gasteiger partial charge in [-0.2, -0.15) is 0 Å². The summed E-state index contributed by atoms with van der Waals surface area (Å²) >= 11 is 0. The average Bonchev–Trinajstić information content (AvgIpc) is 2.17. The monoisotopic (exact) mass is 220 g/mol. The lowest BCUT2D eigenvalue weighted by atomic mass is 10.1. The number of rotatable bonds is 3. The van der Waals surface area contributed by atoms with Crippen LogP contribution in [0.1, 0.15) is 26.7 Å². The van der Waals surface area contributed by atoms with E-state index in [1.54, 1.807) is 11.4 Å². The molecule has 84 valence electrons. The third-order valence-corrected chi connectivity index (χ3v) is 5.17. The zero-order valence-corrected chi connectivity index (χ0v) is 9.97. The Kier molecular flexibility index (Phi) is 3.92. The molecule has 0 aromatic heterocycles. The number of nitrogens with zero attached hydrogens (tertiary/aromatic N) is 1. The van der Waals surface area contributed by atoms with Crippen molar-refractivity contribution in [3.63, 3.8) is 0 Å². The van der Waals surface area contributed by atoms with Gasteiger partial charge in [-0.3, -0.25) is 0 Å². The maximum atomic E-state index is 12.0. The molecule has 0 bridgehead atoms. The van der Waals surface area contributed by atoms with Crippen LogP contribution in [-0.2, 0) is 14.7 Å². The second-order valence-corrected chi connectivity index (χ2v) is 6.58.